The van der Waals surface area contributed by atoms with Crippen LogP contribution in [0, 0.1) is 32.1 Å². The van der Waals surface area contributed by atoms with Gasteiger partial charge in [0.1, 0.15) is 12.6 Å². The number of aryl methyl sites for hydroxylation is 2. The minimum Gasteiger partial charge on any atom is -0.324 e. The summed E-state index contributed by atoms with van der Waals surface area (Å²) >= 11 is 0. The zero-order valence-electron chi connectivity index (χ0n) is 11.6. The lowest BCUT2D eigenvalue weighted by Gasteiger charge is -2.08. The molecule has 1 aromatic heterocycles. The summed E-state index contributed by atoms with van der Waals surface area (Å²) in [6.45, 7) is 5.70. The number of carbonyl (C=O) groups excluding carboxylic acids is 1. The summed E-state index contributed by atoms with van der Waals surface area (Å²) in [5.41, 5.74) is 3.76. The summed E-state index contributed by atoms with van der Waals surface area (Å²) in [5, 5.41) is 19.1. The molecule has 1 amide bonds. The van der Waals surface area contributed by atoms with E-state index < -0.39 is 0 Å². The van der Waals surface area contributed by atoms with E-state index in [1.54, 1.807) is 6.92 Å². The maximum atomic E-state index is 12.0. The van der Waals surface area contributed by atoms with Crippen LogP contribution in [0.25, 0.3) is 0 Å². The van der Waals surface area contributed by atoms with E-state index in [0.717, 1.165) is 16.8 Å². The van der Waals surface area contributed by atoms with Crippen LogP contribution < -0.4 is 5.32 Å². The molecule has 1 aromatic carbocycles. The van der Waals surface area contributed by atoms with E-state index >= 15 is 0 Å². The van der Waals surface area contributed by atoms with Gasteiger partial charge in [0.05, 0.1) is 5.69 Å². The lowest BCUT2D eigenvalue weighted by Crippen LogP contribution is -2.20. The fourth-order valence-electron chi connectivity index (χ4n) is 2.00. The molecule has 1 N–H and O–H groups in total. The lowest BCUT2D eigenvalue weighted by atomic mass is 10.1. The number of hydrogen-bond acceptors (Lipinski definition) is 4. The topological polar surface area (TPSA) is 83.6 Å². The highest BCUT2D eigenvalue weighted by atomic mass is 16.2. The van der Waals surface area contributed by atoms with Crippen molar-refractivity contribution in [2.45, 2.75) is 27.3 Å². The first-order valence-corrected chi connectivity index (χ1v) is 6.18. The maximum absolute atomic E-state index is 12.0. The second kappa shape index (κ2) is 5.53. The van der Waals surface area contributed by atoms with Crippen LogP contribution >= 0.6 is 0 Å². The Kier molecular flexibility index (Phi) is 3.80. The smallest absolute Gasteiger partial charge is 0.246 e. The van der Waals surface area contributed by atoms with Crippen molar-refractivity contribution >= 4 is 11.6 Å². The number of amides is 1. The molecule has 1 heterocycles. The Morgan fingerprint density at radius 3 is 2.50 bits per heavy atom. The van der Waals surface area contributed by atoms with Gasteiger partial charge >= 0.3 is 0 Å². The number of aromatic nitrogens is 3. The van der Waals surface area contributed by atoms with Crippen LogP contribution in [0.15, 0.2) is 18.2 Å². The van der Waals surface area contributed by atoms with E-state index in [2.05, 4.69) is 15.6 Å². The van der Waals surface area contributed by atoms with Gasteiger partial charge in [0.25, 0.3) is 0 Å². The molecule has 6 nitrogen and oxygen atoms in total. The fraction of sp³-hybridized carbons (Fsp3) is 0.286. The van der Waals surface area contributed by atoms with Crippen molar-refractivity contribution in [2.75, 3.05) is 5.32 Å². The number of anilines is 1. The van der Waals surface area contributed by atoms with Gasteiger partial charge in [0.15, 0.2) is 5.69 Å². The van der Waals surface area contributed by atoms with Crippen LogP contribution in [-0.4, -0.2) is 20.9 Å². The zero-order valence-corrected chi connectivity index (χ0v) is 11.6. The number of rotatable bonds is 3. The summed E-state index contributed by atoms with van der Waals surface area (Å²) in [6.07, 6.45) is 0. The Balaban J connectivity index is 2.09. The fourth-order valence-corrected chi connectivity index (χ4v) is 2.00. The van der Waals surface area contributed by atoms with Crippen molar-refractivity contribution in [2.24, 2.45) is 0 Å². The first kappa shape index (κ1) is 13.7. The summed E-state index contributed by atoms with van der Waals surface area (Å²) in [5.74, 6) is -0.201. The highest BCUT2D eigenvalue weighted by Gasteiger charge is 2.11. The third kappa shape index (κ3) is 3.01. The van der Waals surface area contributed by atoms with Crippen molar-refractivity contribution in [3.05, 3.63) is 40.7 Å². The van der Waals surface area contributed by atoms with Gasteiger partial charge in [0, 0.05) is 5.69 Å². The number of benzene rings is 1. The van der Waals surface area contributed by atoms with Gasteiger partial charge in [-0.2, -0.15) is 5.26 Å². The second-order valence-electron chi connectivity index (χ2n) is 4.72. The number of carbonyl (C=O) groups is 1. The Labute approximate surface area is 117 Å². The van der Waals surface area contributed by atoms with Gasteiger partial charge in [-0.15, -0.1) is 5.10 Å². The van der Waals surface area contributed by atoms with E-state index in [0.29, 0.717) is 5.69 Å². The molecule has 0 aliphatic heterocycles. The Bertz CT molecular complexity index is 676. The van der Waals surface area contributed by atoms with Crippen LogP contribution in [0.5, 0.6) is 0 Å². The van der Waals surface area contributed by atoms with Crippen LogP contribution in [0.3, 0.4) is 0 Å². The first-order chi connectivity index (χ1) is 9.49. The van der Waals surface area contributed by atoms with Crippen molar-refractivity contribution in [1.29, 1.82) is 5.26 Å². The highest BCUT2D eigenvalue weighted by Crippen LogP contribution is 2.13. The van der Waals surface area contributed by atoms with E-state index in [1.807, 2.05) is 38.1 Å². The minimum absolute atomic E-state index is 0.0352. The average molecular weight is 269 g/mol. The maximum Gasteiger partial charge on any atom is 0.246 e. The molecule has 20 heavy (non-hydrogen) atoms. The number of nitriles is 1. The summed E-state index contributed by atoms with van der Waals surface area (Å²) in [4.78, 5) is 12.0. The van der Waals surface area contributed by atoms with E-state index in [1.165, 1.54) is 4.68 Å². The van der Waals surface area contributed by atoms with Crippen LogP contribution in [0.1, 0.15) is 22.5 Å². The Morgan fingerprint density at radius 1 is 1.30 bits per heavy atom. The first-order valence-electron chi connectivity index (χ1n) is 6.18. The standard InChI is InChI=1S/C14H15N5O/c1-9-4-10(2)6-12(5-9)16-14(20)8-19-11(3)13(7-15)17-18-19/h4-6H,8H2,1-3H3,(H,16,20). The monoisotopic (exact) mass is 269 g/mol. The molecule has 0 aliphatic carbocycles. The molecule has 0 atom stereocenters. The van der Waals surface area contributed by atoms with Crippen molar-refractivity contribution < 1.29 is 4.79 Å². The highest BCUT2D eigenvalue weighted by molar-refractivity contribution is 5.90. The number of nitrogens with zero attached hydrogens (tertiary/aromatic N) is 4. The lowest BCUT2D eigenvalue weighted by molar-refractivity contribution is -0.117. The van der Waals surface area contributed by atoms with Crippen LogP contribution in [0.4, 0.5) is 5.69 Å². The van der Waals surface area contributed by atoms with Gasteiger partial charge in [-0.1, -0.05) is 11.3 Å². The van der Waals surface area contributed by atoms with Crippen LogP contribution in [0.2, 0.25) is 0 Å². The van der Waals surface area contributed by atoms with Gasteiger partial charge in [0.2, 0.25) is 5.91 Å². The predicted octanol–water partition coefficient (Wildman–Crippen LogP) is 1.71. The van der Waals surface area contributed by atoms with E-state index in [4.69, 9.17) is 5.26 Å². The predicted molar refractivity (Wildman–Crippen MR) is 74.0 cm³/mol. The third-order valence-electron chi connectivity index (χ3n) is 2.89. The zero-order chi connectivity index (χ0) is 14.7. The molecule has 0 aliphatic rings. The quantitative estimate of drug-likeness (QED) is 0.919. The molecule has 6 heteroatoms. The SMILES string of the molecule is Cc1cc(C)cc(NC(=O)Cn2nnc(C#N)c2C)c1. The molecular weight excluding hydrogens is 254 g/mol. The summed E-state index contributed by atoms with van der Waals surface area (Å²) in [7, 11) is 0. The Morgan fingerprint density at radius 2 is 1.95 bits per heavy atom. The molecule has 2 rings (SSSR count). The van der Waals surface area contributed by atoms with Crippen LogP contribution in [-0.2, 0) is 11.3 Å². The Hall–Kier alpha value is -2.68. The van der Waals surface area contributed by atoms with Gasteiger partial charge in [-0.25, -0.2) is 4.68 Å². The normalized spacial score (nSPS) is 10.1. The summed E-state index contributed by atoms with van der Waals surface area (Å²) in [6, 6.07) is 7.77. The second-order valence-corrected chi connectivity index (χ2v) is 4.72. The van der Waals surface area contributed by atoms with E-state index in [9.17, 15) is 4.79 Å². The minimum atomic E-state index is -0.201. The summed E-state index contributed by atoms with van der Waals surface area (Å²) < 4.78 is 1.41. The third-order valence-corrected chi connectivity index (χ3v) is 2.89. The molecule has 0 bridgehead atoms. The molecule has 0 saturated heterocycles. The van der Waals surface area contributed by atoms with Gasteiger partial charge in [-0.3, -0.25) is 4.79 Å². The molecule has 0 spiro atoms. The van der Waals surface area contributed by atoms with Crippen molar-refractivity contribution in [1.82, 2.24) is 15.0 Å². The molecule has 0 unspecified atom stereocenters. The van der Waals surface area contributed by atoms with Crippen molar-refractivity contribution in [3.63, 3.8) is 0 Å². The number of hydrogen-bond donors (Lipinski definition) is 1. The molecular formula is C14H15N5O. The molecule has 2 aromatic rings. The molecule has 102 valence electrons. The molecule has 0 saturated carbocycles. The van der Waals surface area contributed by atoms with Crippen molar-refractivity contribution in [3.8, 4) is 6.07 Å². The average Bonchev–Trinajstić information content (AvgIpc) is 2.69. The molecule has 0 radical (unpaired) electrons. The van der Waals surface area contributed by atoms with Gasteiger partial charge < -0.3 is 5.32 Å². The number of nitrogens with one attached hydrogen (secondary N) is 1. The molecule has 0 fully saturated rings. The van der Waals surface area contributed by atoms with Gasteiger partial charge in [-0.05, 0) is 44.0 Å². The largest absolute Gasteiger partial charge is 0.324 e. The van der Waals surface area contributed by atoms with E-state index in [-0.39, 0.29) is 18.1 Å².